The van der Waals surface area contributed by atoms with E-state index in [-0.39, 0.29) is 0 Å². The van der Waals surface area contributed by atoms with Crippen LogP contribution in [0.4, 0.5) is 0 Å². The Bertz CT molecular complexity index is 193. The van der Waals surface area contributed by atoms with Crippen molar-refractivity contribution in [1.82, 2.24) is 0 Å². The smallest absolute Gasteiger partial charge is 0.171 e. The van der Waals surface area contributed by atoms with E-state index < -0.39 is 0 Å². The van der Waals surface area contributed by atoms with Gasteiger partial charge in [0, 0.05) is 26.2 Å². The standard InChI is InChI=1S/C6H5I3O/c1-3-2-10-6(9)5(8)4(3)7/h2H2,1H3. The molecule has 0 amide bonds. The van der Waals surface area contributed by atoms with Gasteiger partial charge in [0.15, 0.2) is 3.77 Å². The Morgan fingerprint density at radius 1 is 1.20 bits per heavy atom. The first kappa shape index (κ1) is 9.56. The van der Waals surface area contributed by atoms with E-state index in [0.717, 1.165) is 10.4 Å². The lowest BCUT2D eigenvalue weighted by Crippen LogP contribution is -2.01. The van der Waals surface area contributed by atoms with E-state index in [1.807, 2.05) is 0 Å². The van der Waals surface area contributed by atoms with Gasteiger partial charge in [0.25, 0.3) is 0 Å². The number of ether oxygens (including phenoxy) is 1. The van der Waals surface area contributed by atoms with Gasteiger partial charge < -0.3 is 4.74 Å². The third-order valence-electron chi connectivity index (χ3n) is 1.16. The lowest BCUT2D eigenvalue weighted by Gasteiger charge is -2.15. The Balaban J connectivity index is 3.01. The fourth-order valence-corrected chi connectivity index (χ4v) is 2.53. The van der Waals surface area contributed by atoms with Crippen LogP contribution in [0.25, 0.3) is 0 Å². The molecule has 0 unspecified atom stereocenters. The Kier molecular flexibility index (Phi) is 3.75. The largest absolute Gasteiger partial charge is 0.482 e. The molecule has 1 heterocycles. The second-order valence-electron chi connectivity index (χ2n) is 1.97. The maximum Gasteiger partial charge on any atom is 0.171 e. The van der Waals surface area contributed by atoms with Gasteiger partial charge in [-0.15, -0.1) is 0 Å². The normalized spacial score (nSPS) is 19.6. The Hall–Kier alpha value is 1.47. The molecule has 0 fully saturated rings. The highest BCUT2D eigenvalue weighted by atomic mass is 127. The fourth-order valence-electron chi connectivity index (χ4n) is 0.572. The van der Waals surface area contributed by atoms with E-state index in [0.29, 0.717) is 0 Å². The molecule has 1 aliphatic rings. The molecule has 1 rings (SSSR count). The molecule has 4 heteroatoms. The molecular weight excluding hydrogens is 469 g/mol. The van der Waals surface area contributed by atoms with Gasteiger partial charge in [-0.05, 0) is 57.7 Å². The molecule has 0 aromatic rings. The van der Waals surface area contributed by atoms with Crippen molar-refractivity contribution in [3.63, 3.8) is 0 Å². The Labute approximate surface area is 101 Å². The highest BCUT2D eigenvalue weighted by Gasteiger charge is 2.14. The molecule has 0 atom stereocenters. The maximum absolute atomic E-state index is 5.37. The summed E-state index contributed by atoms with van der Waals surface area (Å²) in [6.07, 6.45) is 0. The minimum atomic E-state index is 0.753. The SMILES string of the molecule is CC1=C(I)C(I)=C(I)OC1. The zero-order valence-corrected chi connectivity index (χ0v) is 11.7. The topological polar surface area (TPSA) is 9.23 Å². The zero-order valence-electron chi connectivity index (χ0n) is 5.25. The minimum absolute atomic E-state index is 0.753. The summed E-state index contributed by atoms with van der Waals surface area (Å²) in [7, 11) is 0. The van der Waals surface area contributed by atoms with Crippen molar-refractivity contribution in [3.8, 4) is 0 Å². The molecule has 1 nitrogen and oxygen atoms in total. The summed E-state index contributed by atoms with van der Waals surface area (Å²) in [4.78, 5) is 0. The van der Waals surface area contributed by atoms with Crippen LogP contribution in [0.3, 0.4) is 0 Å². The average Bonchev–Trinajstić information content (AvgIpc) is 1.93. The minimum Gasteiger partial charge on any atom is -0.482 e. The third kappa shape index (κ3) is 1.99. The molecule has 1 aliphatic heterocycles. The van der Waals surface area contributed by atoms with Crippen LogP contribution in [-0.4, -0.2) is 6.61 Å². The second-order valence-corrected chi connectivity index (χ2v) is 5.11. The predicted molar refractivity (Wildman–Crippen MR) is 67.7 cm³/mol. The molecule has 0 N–H and O–H groups in total. The van der Waals surface area contributed by atoms with Crippen molar-refractivity contribution in [2.24, 2.45) is 0 Å². The van der Waals surface area contributed by atoms with Crippen LogP contribution < -0.4 is 0 Å². The van der Waals surface area contributed by atoms with Crippen LogP contribution in [0.2, 0.25) is 0 Å². The number of hydrogen-bond acceptors (Lipinski definition) is 1. The van der Waals surface area contributed by atoms with E-state index in [9.17, 15) is 0 Å². The summed E-state index contributed by atoms with van der Waals surface area (Å²) in [6, 6.07) is 0. The van der Waals surface area contributed by atoms with Gasteiger partial charge >= 0.3 is 0 Å². The van der Waals surface area contributed by atoms with E-state index >= 15 is 0 Å². The highest BCUT2D eigenvalue weighted by molar-refractivity contribution is 14.1. The molecule has 0 aliphatic carbocycles. The highest BCUT2D eigenvalue weighted by Crippen LogP contribution is 2.36. The molecule has 0 aromatic heterocycles. The molecule has 0 saturated heterocycles. The van der Waals surface area contributed by atoms with Gasteiger partial charge in [-0.25, -0.2) is 0 Å². The zero-order chi connectivity index (χ0) is 7.72. The summed E-state index contributed by atoms with van der Waals surface area (Å²) < 4.78 is 8.97. The summed E-state index contributed by atoms with van der Waals surface area (Å²) >= 11 is 6.88. The van der Waals surface area contributed by atoms with Crippen LogP contribution in [0.15, 0.2) is 16.5 Å². The van der Waals surface area contributed by atoms with Crippen molar-refractivity contribution in [3.05, 3.63) is 16.5 Å². The molecule has 0 spiro atoms. The maximum atomic E-state index is 5.37. The van der Waals surface area contributed by atoms with Gasteiger partial charge in [0.1, 0.15) is 6.61 Å². The first-order chi connectivity index (χ1) is 4.63. The quantitative estimate of drug-likeness (QED) is 0.487. The van der Waals surface area contributed by atoms with E-state index in [4.69, 9.17) is 4.74 Å². The fraction of sp³-hybridized carbons (Fsp3) is 0.333. The summed E-state index contributed by atoms with van der Waals surface area (Å²) in [5.74, 6) is 0. The monoisotopic (exact) mass is 474 g/mol. The average molecular weight is 474 g/mol. The molecule has 0 bridgehead atoms. The number of halogens is 3. The van der Waals surface area contributed by atoms with Gasteiger partial charge in [-0.1, -0.05) is 0 Å². The molecule has 0 radical (unpaired) electrons. The molecule has 10 heavy (non-hydrogen) atoms. The van der Waals surface area contributed by atoms with Crippen molar-refractivity contribution in [1.29, 1.82) is 0 Å². The van der Waals surface area contributed by atoms with E-state index in [1.165, 1.54) is 12.7 Å². The van der Waals surface area contributed by atoms with Crippen LogP contribution >= 0.6 is 67.8 Å². The number of rotatable bonds is 0. The van der Waals surface area contributed by atoms with Gasteiger partial charge in [0.05, 0.1) is 3.58 Å². The summed E-state index contributed by atoms with van der Waals surface area (Å²) in [5.41, 5.74) is 1.32. The first-order valence-corrected chi connectivity index (χ1v) is 5.90. The van der Waals surface area contributed by atoms with Gasteiger partial charge in [-0.2, -0.15) is 0 Å². The predicted octanol–water partition coefficient (Wildman–Crippen LogP) is 3.76. The van der Waals surface area contributed by atoms with Crippen LogP contribution in [0.5, 0.6) is 0 Å². The first-order valence-electron chi connectivity index (χ1n) is 2.66. The van der Waals surface area contributed by atoms with Crippen LogP contribution in [-0.2, 0) is 4.74 Å². The van der Waals surface area contributed by atoms with Crippen molar-refractivity contribution in [2.75, 3.05) is 6.61 Å². The summed E-state index contributed by atoms with van der Waals surface area (Å²) in [6.45, 7) is 2.85. The summed E-state index contributed by atoms with van der Waals surface area (Å²) in [5, 5.41) is 0. The van der Waals surface area contributed by atoms with E-state index in [2.05, 4.69) is 74.7 Å². The van der Waals surface area contributed by atoms with Gasteiger partial charge in [0.2, 0.25) is 0 Å². The van der Waals surface area contributed by atoms with Crippen molar-refractivity contribution >= 4 is 67.8 Å². The van der Waals surface area contributed by atoms with Gasteiger partial charge in [-0.3, -0.25) is 0 Å². The van der Waals surface area contributed by atoms with E-state index in [1.54, 1.807) is 0 Å². The second kappa shape index (κ2) is 3.92. The number of allylic oxidation sites excluding steroid dienone is 2. The van der Waals surface area contributed by atoms with Crippen molar-refractivity contribution < 1.29 is 4.74 Å². The Morgan fingerprint density at radius 2 is 1.80 bits per heavy atom. The van der Waals surface area contributed by atoms with Crippen LogP contribution in [0, 0.1) is 0 Å². The Morgan fingerprint density at radius 3 is 2.30 bits per heavy atom. The molecule has 0 aromatic carbocycles. The third-order valence-corrected chi connectivity index (χ3v) is 6.56. The van der Waals surface area contributed by atoms with Crippen molar-refractivity contribution in [2.45, 2.75) is 6.92 Å². The molecule has 56 valence electrons. The molecular formula is C6H5I3O. The lowest BCUT2D eigenvalue weighted by molar-refractivity contribution is 0.269. The van der Waals surface area contributed by atoms with Crippen LogP contribution in [0.1, 0.15) is 6.92 Å². The number of hydrogen-bond donors (Lipinski definition) is 0. The molecule has 0 saturated carbocycles. The lowest BCUT2D eigenvalue weighted by atomic mass is 10.3.